The minimum Gasteiger partial charge on any atom is -0.381 e. The van der Waals surface area contributed by atoms with E-state index in [2.05, 4.69) is 39.7 Å². The van der Waals surface area contributed by atoms with Crippen molar-refractivity contribution in [3.8, 4) is 0 Å². The van der Waals surface area contributed by atoms with Crippen LogP contribution in [0.2, 0.25) is 0 Å². The first-order chi connectivity index (χ1) is 10.8. The van der Waals surface area contributed by atoms with Gasteiger partial charge in [0.25, 0.3) is 0 Å². The van der Waals surface area contributed by atoms with Gasteiger partial charge in [-0.25, -0.2) is 4.98 Å². The van der Waals surface area contributed by atoms with Crippen molar-refractivity contribution in [1.29, 1.82) is 0 Å². The maximum absolute atomic E-state index is 5.39. The van der Waals surface area contributed by atoms with E-state index < -0.39 is 0 Å². The highest BCUT2D eigenvalue weighted by atomic mass is 32.1. The molecule has 0 saturated carbocycles. The second-order valence-corrected chi connectivity index (χ2v) is 6.50. The summed E-state index contributed by atoms with van der Waals surface area (Å²) in [6.07, 6.45) is 2.91. The van der Waals surface area contributed by atoms with Crippen LogP contribution in [0, 0.1) is 0 Å². The molecule has 0 aromatic carbocycles. The molecule has 0 amide bonds. The van der Waals surface area contributed by atoms with Crippen LogP contribution in [0.15, 0.2) is 9.90 Å². The van der Waals surface area contributed by atoms with E-state index in [9.17, 15) is 0 Å². The molecule has 6 nitrogen and oxygen atoms in total. The first-order valence-corrected chi connectivity index (χ1v) is 8.72. The Morgan fingerprint density at radius 2 is 2.18 bits per heavy atom. The van der Waals surface area contributed by atoms with E-state index in [-0.39, 0.29) is 6.04 Å². The van der Waals surface area contributed by atoms with Crippen molar-refractivity contribution in [2.75, 3.05) is 13.2 Å². The largest absolute Gasteiger partial charge is 0.381 e. The molecule has 3 rings (SSSR count). The minimum atomic E-state index is 0.182. The third-order valence-electron chi connectivity index (χ3n) is 3.94. The summed E-state index contributed by atoms with van der Waals surface area (Å²) in [6, 6.07) is 0.182. The number of hydrogen-bond acceptors (Lipinski definition) is 7. The number of aromatic nitrogens is 3. The molecule has 0 aliphatic carbocycles. The summed E-state index contributed by atoms with van der Waals surface area (Å²) in [5.74, 6) is 1.80. The number of nitrogens with one attached hydrogen (secondary N) is 1. The molecule has 120 valence electrons. The van der Waals surface area contributed by atoms with Crippen LogP contribution in [0.1, 0.15) is 61.1 Å². The number of aryl methyl sites for hydroxylation is 1. The molecular formula is C15H22N4O2S. The summed E-state index contributed by atoms with van der Waals surface area (Å²) in [4.78, 5) is 9.10. The Labute approximate surface area is 134 Å². The summed E-state index contributed by atoms with van der Waals surface area (Å²) < 4.78 is 10.8. The van der Waals surface area contributed by atoms with Crippen molar-refractivity contribution in [2.24, 2.45) is 0 Å². The highest BCUT2D eigenvalue weighted by molar-refractivity contribution is 7.09. The highest BCUT2D eigenvalue weighted by Crippen LogP contribution is 2.25. The number of hydrogen-bond donors (Lipinski definition) is 1. The summed E-state index contributed by atoms with van der Waals surface area (Å²) >= 11 is 1.71. The lowest BCUT2D eigenvalue weighted by Gasteiger charge is -2.17. The first kappa shape index (κ1) is 15.6. The van der Waals surface area contributed by atoms with Gasteiger partial charge in [-0.3, -0.25) is 0 Å². The lowest BCUT2D eigenvalue weighted by Crippen LogP contribution is -2.19. The fourth-order valence-electron chi connectivity index (χ4n) is 2.48. The Balaban J connectivity index is 1.53. The minimum absolute atomic E-state index is 0.182. The maximum Gasteiger partial charge on any atom is 0.229 e. The second kappa shape index (κ2) is 7.30. The van der Waals surface area contributed by atoms with E-state index in [1.54, 1.807) is 11.3 Å². The van der Waals surface area contributed by atoms with E-state index in [1.165, 1.54) is 5.01 Å². The Morgan fingerprint density at radius 3 is 2.91 bits per heavy atom. The summed E-state index contributed by atoms with van der Waals surface area (Å²) in [5.41, 5.74) is 1.08. The van der Waals surface area contributed by atoms with Crippen molar-refractivity contribution < 1.29 is 9.26 Å². The predicted octanol–water partition coefficient (Wildman–Crippen LogP) is 2.83. The van der Waals surface area contributed by atoms with Gasteiger partial charge in [-0.2, -0.15) is 4.98 Å². The van der Waals surface area contributed by atoms with Gasteiger partial charge in [0.2, 0.25) is 5.89 Å². The van der Waals surface area contributed by atoms with Crippen molar-refractivity contribution in [2.45, 2.75) is 51.6 Å². The van der Waals surface area contributed by atoms with Gasteiger partial charge in [-0.05, 0) is 26.2 Å². The van der Waals surface area contributed by atoms with Gasteiger partial charge in [-0.1, -0.05) is 12.1 Å². The van der Waals surface area contributed by atoms with Crippen LogP contribution in [-0.4, -0.2) is 28.3 Å². The molecule has 0 unspecified atom stereocenters. The molecule has 7 heteroatoms. The van der Waals surface area contributed by atoms with E-state index in [4.69, 9.17) is 9.26 Å². The van der Waals surface area contributed by atoms with Crippen LogP contribution in [0.5, 0.6) is 0 Å². The van der Waals surface area contributed by atoms with Crippen molar-refractivity contribution >= 4 is 11.3 Å². The Bertz CT molecular complexity index is 592. The van der Waals surface area contributed by atoms with Crippen LogP contribution in [0.4, 0.5) is 0 Å². The SMILES string of the molecule is CCc1nc([C@@H](C)NCc2noc(C3CCOCC3)n2)cs1. The number of nitrogens with zero attached hydrogens (tertiary/aromatic N) is 3. The van der Waals surface area contributed by atoms with Gasteiger partial charge in [0.15, 0.2) is 5.82 Å². The smallest absolute Gasteiger partial charge is 0.229 e. The molecule has 1 fully saturated rings. The van der Waals surface area contributed by atoms with Crippen molar-refractivity contribution in [3.63, 3.8) is 0 Å². The number of rotatable bonds is 6. The van der Waals surface area contributed by atoms with Gasteiger partial charge in [-0.15, -0.1) is 11.3 Å². The zero-order chi connectivity index (χ0) is 15.4. The summed E-state index contributed by atoms with van der Waals surface area (Å²) in [5, 5.41) is 10.8. The number of ether oxygens (including phenoxy) is 1. The summed E-state index contributed by atoms with van der Waals surface area (Å²) in [6.45, 7) is 6.38. The average molecular weight is 322 g/mol. The van der Waals surface area contributed by atoms with Gasteiger partial charge < -0.3 is 14.6 Å². The monoisotopic (exact) mass is 322 g/mol. The molecule has 0 spiro atoms. The van der Waals surface area contributed by atoms with Crippen LogP contribution < -0.4 is 5.32 Å². The van der Waals surface area contributed by atoms with E-state index in [0.717, 1.165) is 44.1 Å². The standard InChI is InChI=1S/C15H22N4O2S/c1-3-14-17-12(9-22-14)10(2)16-8-13-18-15(21-19-13)11-4-6-20-7-5-11/h9-11,16H,3-8H2,1-2H3/t10-/m1/s1. The highest BCUT2D eigenvalue weighted by Gasteiger charge is 2.22. The zero-order valence-electron chi connectivity index (χ0n) is 13.0. The first-order valence-electron chi connectivity index (χ1n) is 7.84. The molecule has 2 aromatic rings. The van der Waals surface area contributed by atoms with E-state index in [1.807, 2.05) is 0 Å². The Morgan fingerprint density at radius 1 is 1.36 bits per heavy atom. The molecule has 2 aromatic heterocycles. The van der Waals surface area contributed by atoms with E-state index in [0.29, 0.717) is 18.3 Å². The quantitative estimate of drug-likeness (QED) is 0.881. The van der Waals surface area contributed by atoms with E-state index >= 15 is 0 Å². The molecule has 0 radical (unpaired) electrons. The molecule has 22 heavy (non-hydrogen) atoms. The topological polar surface area (TPSA) is 73.1 Å². The molecule has 1 atom stereocenters. The molecule has 1 N–H and O–H groups in total. The van der Waals surface area contributed by atoms with Crippen LogP contribution in [0.3, 0.4) is 0 Å². The van der Waals surface area contributed by atoms with Gasteiger partial charge in [0.05, 0.1) is 17.2 Å². The summed E-state index contributed by atoms with van der Waals surface area (Å²) in [7, 11) is 0. The Hall–Kier alpha value is -1.31. The van der Waals surface area contributed by atoms with Crippen LogP contribution in [0.25, 0.3) is 0 Å². The van der Waals surface area contributed by atoms with Crippen LogP contribution in [-0.2, 0) is 17.7 Å². The van der Waals surface area contributed by atoms with Gasteiger partial charge >= 0.3 is 0 Å². The van der Waals surface area contributed by atoms with Gasteiger partial charge in [0, 0.05) is 30.6 Å². The van der Waals surface area contributed by atoms with Crippen molar-refractivity contribution in [1.82, 2.24) is 20.4 Å². The van der Waals surface area contributed by atoms with Crippen LogP contribution >= 0.6 is 11.3 Å². The number of thiazole rings is 1. The predicted molar refractivity (Wildman–Crippen MR) is 83.8 cm³/mol. The third-order valence-corrected chi connectivity index (χ3v) is 4.95. The second-order valence-electron chi connectivity index (χ2n) is 5.56. The Kier molecular flexibility index (Phi) is 5.17. The molecular weight excluding hydrogens is 300 g/mol. The lowest BCUT2D eigenvalue weighted by molar-refractivity contribution is 0.0778. The fraction of sp³-hybridized carbons (Fsp3) is 0.667. The molecule has 1 aliphatic rings. The lowest BCUT2D eigenvalue weighted by atomic mass is 10.0. The zero-order valence-corrected chi connectivity index (χ0v) is 13.9. The van der Waals surface area contributed by atoms with Crippen molar-refractivity contribution in [3.05, 3.63) is 27.8 Å². The molecule has 1 saturated heterocycles. The third kappa shape index (κ3) is 3.71. The average Bonchev–Trinajstić information content (AvgIpc) is 3.22. The fourth-order valence-corrected chi connectivity index (χ4v) is 3.32. The maximum atomic E-state index is 5.39. The molecule has 3 heterocycles. The molecule has 0 bridgehead atoms. The normalized spacial score (nSPS) is 17.7. The molecule has 1 aliphatic heterocycles. The van der Waals surface area contributed by atoms with Gasteiger partial charge in [0.1, 0.15) is 0 Å².